The third-order valence-electron chi connectivity index (χ3n) is 1.81. The first-order valence-corrected chi connectivity index (χ1v) is 4.50. The molecule has 0 radical (unpaired) electrons. The number of nitrogens with two attached hydrogens (primary N) is 1. The van der Waals surface area contributed by atoms with E-state index >= 15 is 0 Å². The molecule has 0 bridgehead atoms. The second-order valence-electron chi connectivity index (χ2n) is 2.49. The maximum atomic E-state index is 10.8. The van der Waals surface area contributed by atoms with Crippen LogP contribution in [0, 0.1) is 0 Å². The highest BCUT2D eigenvalue weighted by Crippen LogP contribution is 2.26. The number of amides is 1. The standard InChI is InChI=1S/C7H8N2OS.ClH/c8-7(10)5-1-2-9-4-11-3-6(5)9;/h1-2H,3-4H2,(H2,8,10);1H. The summed E-state index contributed by atoms with van der Waals surface area (Å²) in [4.78, 5) is 10.8. The molecule has 3 nitrogen and oxygen atoms in total. The molecular weight excluding hydrogens is 196 g/mol. The molecule has 0 saturated heterocycles. The quantitative estimate of drug-likeness (QED) is 0.748. The molecule has 0 atom stereocenters. The van der Waals surface area contributed by atoms with Crippen LogP contribution in [0.4, 0.5) is 0 Å². The minimum Gasteiger partial charge on any atom is -0.366 e. The third-order valence-corrected chi connectivity index (χ3v) is 2.75. The van der Waals surface area contributed by atoms with Crippen LogP contribution >= 0.6 is 24.2 Å². The van der Waals surface area contributed by atoms with Gasteiger partial charge >= 0.3 is 0 Å². The Balaban J connectivity index is 0.000000720. The first kappa shape index (κ1) is 9.48. The van der Waals surface area contributed by atoms with Crippen LogP contribution in [0.25, 0.3) is 0 Å². The summed E-state index contributed by atoms with van der Waals surface area (Å²) in [6, 6.07) is 1.79. The van der Waals surface area contributed by atoms with Crippen molar-refractivity contribution < 1.29 is 4.79 Å². The van der Waals surface area contributed by atoms with Crippen LogP contribution < -0.4 is 5.73 Å². The van der Waals surface area contributed by atoms with Crippen molar-refractivity contribution in [2.45, 2.75) is 11.6 Å². The number of primary amides is 1. The van der Waals surface area contributed by atoms with Gasteiger partial charge in [0.15, 0.2) is 0 Å². The zero-order chi connectivity index (χ0) is 7.84. The van der Waals surface area contributed by atoms with E-state index in [2.05, 4.69) is 4.57 Å². The van der Waals surface area contributed by atoms with Gasteiger partial charge in [0.2, 0.25) is 0 Å². The molecule has 1 aliphatic rings. The smallest absolute Gasteiger partial charge is 0.250 e. The number of nitrogens with zero attached hydrogens (tertiary/aromatic N) is 1. The summed E-state index contributed by atoms with van der Waals surface area (Å²) < 4.78 is 2.06. The molecule has 0 saturated carbocycles. The largest absolute Gasteiger partial charge is 0.366 e. The van der Waals surface area contributed by atoms with E-state index in [4.69, 9.17) is 5.73 Å². The van der Waals surface area contributed by atoms with Gasteiger partial charge in [-0.05, 0) is 6.07 Å². The van der Waals surface area contributed by atoms with Crippen LogP contribution in [0.5, 0.6) is 0 Å². The van der Waals surface area contributed by atoms with Crippen LogP contribution in [-0.4, -0.2) is 10.5 Å². The summed E-state index contributed by atoms with van der Waals surface area (Å²) in [5.41, 5.74) is 6.92. The fourth-order valence-corrected chi connectivity index (χ4v) is 2.30. The topological polar surface area (TPSA) is 48.0 Å². The van der Waals surface area contributed by atoms with Crippen molar-refractivity contribution in [3.8, 4) is 0 Å². The predicted molar refractivity (Wildman–Crippen MR) is 51.5 cm³/mol. The van der Waals surface area contributed by atoms with E-state index in [1.807, 2.05) is 6.20 Å². The highest BCUT2D eigenvalue weighted by Gasteiger charge is 2.17. The summed E-state index contributed by atoms with van der Waals surface area (Å²) in [6.07, 6.45) is 1.91. The van der Waals surface area contributed by atoms with Crippen molar-refractivity contribution in [3.63, 3.8) is 0 Å². The maximum Gasteiger partial charge on any atom is 0.250 e. The van der Waals surface area contributed by atoms with Crippen molar-refractivity contribution in [1.29, 1.82) is 0 Å². The lowest BCUT2D eigenvalue weighted by atomic mass is 10.2. The number of hydrogen-bond donors (Lipinski definition) is 1. The first-order valence-electron chi connectivity index (χ1n) is 3.34. The SMILES string of the molecule is Cl.NC(=O)c1ccn2c1CSC2. The summed E-state index contributed by atoms with van der Waals surface area (Å²) in [7, 11) is 0. The van der Waals surface area contributed by atoms with Gasteiger partial charge in [-0.3, -0.25) is 4.79 Å². The van der Waals surface area contributed by atoms with Crippen molar-refractivity contribution in [1.82, 2.24) is 4.57 Å². The molecule has 1 aromatic heterocycles. The number of thioether (sulfide) groups is 1. The predicted octanol–water partition coefficient (Wildman–Crippen LogP) is 1.21. The monoisotopic (exact) mass is 204 g/mol. The molecule has 0 unspecified atom stereocenters. The highest BCUT2D eigenvalue weighted by atomic mass is 35.5. The molecular formula is C7H9ClN2OS. The molecule has 66 valence electrons. The van der Waals surface area contributed by atoms with Crippen LogP contribution in [-0.2, 0) is 11.6 Å². The van der Waals surface area contributed by atoms with Crippen LogP contribution in [0.3, 0.4) is 0 Å². The Hall–Kier alpha value is -0.610. The van der Waals surface area contributed by atoms with Gasteiger partial charge in [0, 0.05) is 17.6 Å². The van der Waals surface area contributed by atoms with E-state index in [1.54, 1.807) is 17.8 Å². The van der Waals surface area contributed by atoms with Gasteiger partial charge in [-0.15, -0.1) is 24.2 Å². The Kier molecular flexibility index (Phi) is 2.69. The van der Waals surface area contributed by atoms with Gasteiger partial charge in [0.05, 0.1) is 11.4 Å². The Morgan fingerprint density at radius 2 is 2.42 bits per heavy atom. The average molecular weight is 205 g/mol. The Morgan fingerprint density at radius 1 is 1.67 bits per heavy atom. The Morgan fingerprint density at radius 3 is 3.08 bits per heavy atom. The molecule has 1 amide bonds. The van der Waals surface area contributed by atoms with E-state index in [0.29, 0.717) is 5.56 Å². The number of halogens is 1. The first-order chi connectivity index (χ1) is 5.29. The van der Waals surface area contributed by atoms with Crippen LogP contribution in [0.1, 0.15) is 16.1 Å². The molecule has 0 fully saturated rings. The molecule has 2 heterocycles. The average Bonchev–Trinajstić information content (AvgIpc) is 2.41. The van der Waals surface area contributed by atoms with Crippen LogP contribution in [0.2, 0.25) is 0 Å². The fraction of sp³-hybridized carbons (Fsp3) is 0.286. The molecule has 1 aliphatic heterocycles. The highest BCUT2D eigenvalue weighted by molar-refractivity contribution is 7.97. The number of aromatic nitrogens is 1. The van der Waals surface area contributed by atoms with Crippen LogP contribution in [0.15, 0.2) is 12.3 Å². The van der Waals surface area contributed by atoms with E-state index in [1.165, 1.54) is 0 Å². The minimum atomic E-state index is -0.318. The lowest BCUT2D eigenvalue weighted by Gasteiger charge is -1.94. The molecule has 12 heavy (non-hydrogen) atoms. The number of carbonyl (C=O) groups excluding carboxylic acids is 1. The lowest BCUT2D eigenvalue weighted by molar-refractivity contribution is 0.0999. The number of rotatable bonds is 1. The van der Waals surface area contributed by atoms with E-state index in [0.717, 1.165) is 17.3 Å². The summed E-state index contributed by atoms with van der Waals surface area (Å²) in [6.45, 7) is 0. The molecule has 0 aliphatic carbocycles. The molecule has 0 spiro atoms. The Bertz CT molecular complexity index is 310. The lowest BCUT2D eigenvalue weighted by Crippen LogP contribution is -2.12. The van der Waals surface area contributed by atoms with Gasteiger partial charge in [0.1, 0.15) is 0 Å². The van der Waals surface area contributed by atoms with Crippen molar-refractivity contribution in [2.75, 3.05) is 0 Å². The normalized spacial score (nSPS) is 13.7. The molecule has 2 rings (SSSR count). The fourth-order valence-electron chi connectivity index (χ4n) is 1.25. The van der Waals surface area contributed by atoms with E-state index in [9.17, 15) is 4.79 Å². The van der Waals surface area contributed by atoms with Gasteiger partial charge in [-0.2, -0.15) is 0 Å². The maximum absolute atomic E-state index is 10.8. The number of carbonyl (C=O) groups is 1. The van der Waals surface area contributed by atoms with Gasteiger partial charge in [-0.1, -0.05) is 0 Å². The number of hydrogen-bond acceptors (Lipinski definition) is 2. The Labute approximate surface area is 80.7 Å². The summed E-state index contributed by atoms with van der Waals surface area (Å²) >= 11 is 1.80. The van der Waals surface area contributed by atoms with Crippen molar-refractivity contribution in [2.24, 2.45) is 5.73 Å². The zero-order valence-electron chi connectivity index (χ0n) is 6.32. The zero-order valence-corrected chi connectivity index (χ0v) is 7.95. The van der Waals surface area contributed by atoms with E-state index in [-0.39, 0.29) is 18.3 Å². The molecule has 2 N–H and O–H groups in total. The molecule has 5 heteroatoms. The third kappa shape index (κ3) is 1.32. The second-order valence-corrected chi connectivity index (χ2v) is 3.44. The summed E-state index contributed by atoms with van der Waals surface area (Å²) in [5, 5.41) is 0. The van der Waals surface area contributed by atoms with Crippen molar-refractivity contribution >= 4 is 30.1 Å². The second kappa shape index (κ2) is 3.41. The summed E-state index contributed by atoms with van der Waals surface area (Å²) in [5.74, 6) is 1.54. The minimum absolute atomic E-state index is 0. The van der Waals surface area contributed by atoms with Crippen molar-refractivity contribution in [3.05, 3.63) is 23.5 Å². The van der Waals surface area contributed by atoms with Gasteiger partial charge < -0.3 is 10.3 Å². The number of fused-ring (bicyclic) bond motifs is 1. The van der Waals surface area contributed by atoms with Gasteiger partial charge in [0.25, 0.3) is 5.91 Å². The van der Waals surface area contributed by atoms with E-state index < -0.39 is 0 Å². The molecule has 0 aromatic carbocycles. The molecule has 1 aromatic rings. The van der Waals surface area contributed by atoms with Gasteiger partial charge in [-0.25, -0.2) is 0 Å².